The number of rotatable bonds is 4. The molecule has 2 aromatic heterocycles. The summed E-state index contributed by atoms with van der Waals surface area (Å²) in [7, 11) is 0. The average Bonchev–Trinajstić information content (AvgIpc) is 3.32. The average molecular weight is 404 g/mol. The van der Waals surface area contributed by atoms with Crippen molar-refractivity contribution < 1.29 is 18.5 Å². The molecule has 0 unspecified atom stereocenters. The number of hydrogen-bond donors (Lipinski definition) is 0. The number of aromatic nitrogens is 1. The van der Waals surface area contributed by atoms with Gasteiger partial charge in [-0.3, -0.25) is 0 Å². The highest BCUT2D eigenvalue weighted by Crippen LogP contribution is 2.27. The van der Waals surface area contributed by atoms with Gasteiger partial charge in [0, 0.05) is 28.3 Å². The highest BCUT2D eigenvalue weighted by Gasteiger charge is 2.17. The Labute approximate surface area is 170 Å². The largest absolute Gasteiger partial charge is 0.449 e. The van der Waals surface area contributed by atoms with Crippen molar-refractivity contribution in [2.45, 2.75) is 6.42 Å². The molecule has 0 radical (unpaired) electrons. The van der Waals surface area contributed by atoms with Crippen LogP contribution in [0.4, 0.5) is 0 Å². The molecule has 29 heavy (non-hydrogen) atoms. The van der Waals surface area contributed by atoms with Crippen LogP contribution in [0.1, 0.15) is 21.8 Å². The van der Waals surface area contributed by atoms with E-state index in [1.807, 2.05) is 36.4 Å². The molecular weight excluding hydrogens is 390 g/mol. The summed E-state index contributed by atoms with van der Waals surface area (Å²) in [4.78, 5) is 12.5. The Kier molecular flexibility index (Phi) is 4.30. The second-order valence-corrected chi connectivity index (χ2v) is 7.07. The van der Waals surface area contributed by atoms with Crippen molar-refractivity contribution in [3.8, 4) is 5.75 Å². The van der Waals surface area contributed by atoms with Gasteiger partial charge in [-0.2, -0.15) is 0 Å². The molecule has 6 heteroatoms. The van der Waals surface area contributed by atoms with E-state index in [1.54, 1.807) is 36.4 Å². The Balaban J connectivity index is 1.38. The molecule has 2 heterocycles. The van der Waals surface area contributed by atoms with Crippen molar-refractivity contribution >= 4 is 39.5 Å². The molecule has 5 nitrogen and oxygen atoms in total. The van der Waals surface area contributed by atoms with E-state index in [0.717, 1.165) is 22.0 Å². The highest BCUT2D eigenvalue weighted by molar-refractivity contribution is 6.31. The smallest absolute Gasteiger partial charge is 0.379 e. The van der Waals surface area contributed by atoms with Gasteiger partial charge in [0.2, 0.25) is 5.76 Å². The fourth-order valence-electron chi connectivity index (χ4n) is 3.22. The highest BCUT2D eigenvalue weighted by atomic mass is 35.5. The lowest BCUT2D eigenvalue weighted by Crippen LogP contribution is -2.06. The molecule has 0 aliphatic rings. The summed E-state index contributed by atoms with van der Waals surface area (Å²) in [6.07, 6.45) is 0.661. The quantitative estimate of drug-likeness (QED) is 0.270. The standard InChI is InChI=1S/C23H14ClNO4/c24-16-6-9-20-15(11-16)12-22(28-20)23(26)27-17-7-8-18-19(25-29-21(18)13-17)10-14-4-2-1-3-5-14/h1-9,11-13H,10H2. The topological polar surface area (TPSA) is 65.5 Å². The van der Waals surface area contributed by atoms with Gasteiger partial charge in [-0.15, -0.1) is 0 Å². The van der Waals surface area contributed by atoms with E-state index in [1.165, 1.54) is 0 Å². The molecule has 5 rings (SSSR count). The summed E-state index contributed by atoms with van der Waals surface area (Å²) in [5.41, 5.74) is 3.09. The number of nitrogens with zero attached hydrogens (tertiary/aromatic N) is 1. The van der Waals surface area contributed by atoms with Crippen LogP contribution in [0.15, 0.2) is 81.7 Å². The molecule has 5 aromatic rings. The van der Waals surface area contributed by atoms with E-state index in [0.29, 0.717) is 28.4 Å². The third-order valence-corrected chi connectivity index (χ3v) is 4.86. The number of esters is 1. The van der Waals surface area contributed by atoms with E-state index in [-0.39, 0.29) is 5.76 Å². The zero-order valence-electron chi connectivity index (χ0n) is 15.1. The van der Waals surface area contributed by atoms with Crippen LogP contribution in [0.25, 0.3) is 21.9 Å². The van der Waals surface area contributed by atoms with E-state index in [4.69, 9.17) is 25.3 Å². The van der Waals surface area contributed by atoms with Crippen LogP contribution in [0, 0.1) is 0 Å². The molecule has 0 bridgehead atoms. The zero-order valence-corrected chi connectivity index (χ0v) is 15.8. The number of carbonyl (C=O) groups excluding carboxylic acids is 1. The summed E-state index contributed by atoms with van der Waals surface area (Å²) >= 11 is 5.97. The van der Waals surface area contributed by atoms with Gasteiger partial charge in [-0.25, -0.2) is 4.79 Å². The molecule has 142 valence electrons. The summed E-state index contributed by atoms with van der Waals surface area (Å²) in [6, 6.07) is 22.0. The van der Waals surface area contributed by atoms with Crippen molar-refractivity contribution in [3.05, 3.63) is 94.8 Å². The van der Waals surface area contributed by atoms with E-state index in [9.17, 15) is 4.79 Å². The summed E-state index contributed by atoms with van der Waals surface area (Å²) in [5.74, 6) is -0.145. The van der Waals surface area contributed by atoms with Gasteiger partial charge in [0.1, 0.15) is 11.3 Å². The SMILES string of the molecule is O=C(Oc1ccc2c(Cc3ccccc3)noc2c1)c1cc2cc(Cl)ccc2o1. The lowest BCUT2D eigenvalue weighted by Gasteiger charge is -2.02. The Hall–Kier alpha value is -3.57. The predicted molar refractivity (Wildman–Crippen MR) is 109 cm³/mol. The second-order valence-electron chi connectivity index (χ2n) is 6.63. The van der Waals surface area contributed by atoms with Crippen molar-refractivity contribution in [3.63, 3.8) is 0 Å². The lowest BCUT2D eigenvalue weighted by atomic mass is 10.1. The number of furan rings is 1. The van der Waals surface area contributed by atoms with Gasteiger partial charge >= 0.3 is 5.97 Å². The Morgan fingerprint density at radius 2 is 1.83 bits per heavy atom. The van der Waals surface area contributed by atoms with Crippen LogP contribution in [0.3, 0.4) is 0 Å². The fraction of sp³-hybridized carbons (Fsp3) is 0.0435. The first-order valence-corrected chi connectivity index (χ1v) is 9.37. The summed E-state index contributed by atoms with van der Waals surface area (Å²) in [5, 5.41) is 6.35. The number of benzene rings is 3. The van der Waals surface area contributed by atoms with Gasteiger partial charge in [-0.1, -0.05) is 47.1 Å². The molecule has 0 N–H and O–H groups in total. The van der Waals surface area contributed by atoms with Gasteiger partial charge in [0.15, 0.2) is 5.58 Å². The van der Waals surface area contributed by atoms with E-state index in [2.05, 4.69) is 5.16 Å². The number of ether oxygens (including phenoxy) is 1. The first-order chi connectivity index (χ1) is 14.2. The van der Waals surface area contributed by atoms with Gasteiger partial charge < -0.3 is 13.7 Å². The number of hydrogen-bond acceptors (Lipinski definition) is 5. The van der Waals surface area contributed by atoms with Crippen molar-refractivity contribution in [1.29, 1.82) is 0 Å². The first-order valence-electron chi connectivity index (χ1n) is 8.99. The fourth-order valence-corrected chi connectivity index (χ4v) is 3.40. The second kappa shape index (κ2) is 7.11. The minimum Gasteiger partial charge on any atom is -0.449 e. The maximum Gasteiger partial charge on any atom is 0.379 e. The molecule has 0 saturated heterocycles. The molecule has 0 aliphatic heterocycles. The minimum atomic E-state index is -0.597. The molecule has 0 spiro atoms. The molecule has 3 aromatic carbocycles. The first kappa shape index (κ1) is 17.5. The van der Waals surface area contributed by atoms with Gasteiger partial charge in [0.25, 0.3) is 0 Å². The molecule has 0 atom stereocenters. The van der Waals surface area contributed by atoms with Gasteiger partial charge in [0.05, 0.1) is 5.69 Å². The van der Waals surface area contributed by atoms with Crippen molar-refractivity contribution in [1.82, 2.24) is 5.16 Å². The van der Waals surface area contributed by atoms with Crippen LogP contribution >= 0.6 is 11.6 Å². The van der Waals surface area contributed by atoms with Gasteiger partial charge in [-0.05, 0) is 42.0 Å². The predicted octanol–water partition coefficient (Wildman–Crippen LogP) is 6.04. The van der Waals surface area contributed by atoms with Crippen LogP contribution in [-0.4, -0.2) is 11.1 Å². The molecule has 0 amide bonds. The molecule has 0 aliphatic carbocycles. The van der Waals surface area contributed by atoms with E-state index < -0.39 is 5.97 Å². The van der Waals surface area contributed by atoms with Crippen LogP contribution in [-0.2, 0) is 6.42 Å². The Bertz CT molecular complexity index is 1340. The maximum absolute atomic E-state index is 12.5. The molecular formula is C23H14ClNO4. The third kappa shape index (κ3) is 3.48. The Morgan fingerprint density at radius 1 is 0.966 bits per heavy atom. The molecule has 0 fully saturated rings. The molecule has 0 saturated carbocycles. The van der Waals surface area contributed by atoms with Crippen LogP contribution in [0.2, 0.25) is 5.02 Å². The summed E-state index contributed by atoms with van der Waals surface area (Å²) in [6.45, 7) is 0. The van der Waals surface area contributed by atoms with Crippen LogP contribution < -0.4 is 4.74 Å². The lowest BCUT2D eigenvalue weighted by molar-refractivity contribution is 0.0704. The number of halogens is 1. The monoisotopic (exact) mass is 403 g/mol. The third-order valence-electron chi connectivity index (χ3n) is 4.62. The van der Waals surface area contributed by atoms with Crippen molar-refractivity contribution in [2.75, 3.05) is 0 Å². The normalized spacial score (nSPS) is 11.2. The number of carbonyl (C=O) groups is 1. The van der Waals surface area contributed by atoms with Crippen LogP contribution in [0.5, 0.6) is 5.75 Å². The zero-order chi connectivity index (χ0) is 19.8. The Morgan fingerprint density at radius 3 is 2.69 bits per heavy atom. The van der Waals surface area contributed by atoms with E-state index >= 15 is 0 Å². The maximum atomic E-state index is 12.5. The number of fused-ring (bicyclic) bond motifs is 2. The van der Waals surface area contributed by atoms with Crippen molar-refractivity contribution in [2.24, 2.45) is 0 Å². The minimum absolute atomic E-state index is 0.102. The summed E-state index contributed by atoms with van der Waals surface area (Å²) < 4.78 is 16.4.